The quantitative estimate of drug-likeness (QED) is 0.870. The molecule has 1 fully saturated rings. The standard InChI is InChI=1S/C11H13ClN6O/c1-18-3-2-13-5-8(18)10-16-11(19-17-10)9-7(12)4-14-6-15-9/h4,6,8,13H,2-3,5H2,1H3. The summed E-state index contributed by atoms with van der Waals surface area (Å²) in [6, 6.07) is 0.104. The van der Waals surface area contributed by atoms with Crippen molar-refractivity contribution in [2.45, 2.75) is 6.04 Å². The molecule has 1 atom stereocenters. The molecule has 1 aliphatic heterocycles. The van der Waals surface area contributed by atoms with Crippen molar-refractivity contribution in [1.82, 2.24) is 30.3 Å². The molecule has 8 heteroatoms. The second-order valence-corrected chi connectivity index (χ2v) is 4.78. The fourth-order valence-corrected chi connectivity index (χ4v) is 2.22. The molecule has 3 rings (SSSR count). The first-order valence-electron chi connectivity index (χ1n) is 5.96. The van der Waals surface area contributed by atoms with E-state index in [0.717, 1.165) is 19.6 Å². The van der Waals surface area contributed by atoms with Crippen LogP contribution in [-0.4, -0.2) is 51.7 Å². The summed E-state index contributed by atoms with van der Waals surface area (Å²) < 4.78 is 5.24. The molecule has 3 heterocycles. The summed E-state index contributed by atoms with van der Waals surface area (Å²) in [6.07, 6.45) is 2.90. The molecule has 1 aliphatic rings. The van der Waals surface area contributed by atoms with Crippen LogP contribution < -0.4 is 5.32 Å². The molecule has 0 bridgehead atoms. The lowest BCUT2D eigenvalue weighted by atomic mass is 10.2. The largest absolute Gasteiger partial charge is 0.332 e. The van der Waals surface area contributed by atoms with E-state index in [9.17, 15) is 0 Å². The number of hydrogen-bond acceptors (Lipinski definition) is 7. The predicted molar refractivity (Wildman–Crippen MR) is 68.6 cm³/mol. The molecule has 100 valence electrons. The highest BCUT2D eigenvalue weighted by Gasteiger charge is 2.26. The van der Waals surface area contributed by atoms with Crippen LogP contribution in [0.4, 0.5) is 0 Å². The van der Waals surface area contributed by atoms with Gasteiger partial charge in [0.25, 0.3) is 5.89 Å². The topological polar surface area (TPSA) is 80.0 Å². The van der Waals surface area contributed by atoms with Gasteiger partial charge in [-0.05, 0) is 7.05 Å². The summed E-state index contributed by atoms with van der Waals surface area (Å²) in [5, 5.41) is 7.73. The van der Waals surface area contributed by atoms with Gasteiger partial charge in [-0.25, -0.2) is 9.97 Å². The van der Waals surface area contributed by atoms with E-state index >= 15 is 0 Å². The molecule has 0 aliphatic carbocycles. The highest BCUT2D eigenvalue weighted by molar-refractivity contribution is 6.32. The fraction of sp³-hybridized carbons (Fsp3) is 0.455. The number of aromatic nitrogens is 4. The van der Waals surface area contributed by atoms with Crippen molar-refractivity contribution in [3.63, 3.8) is 0 Å². The van der Waals surface area contributed by atoms with Crippen LogP contribution in [0.25, 0.3) is 11.6 Å². The van der Waals surface area contributed by atoms with Crippen LogP contribution in [0.1, 0.15) is 11.9 Å². The van der Waals surface area contributed by atoms with Gasteiger partial charge in [0, 0.05) is 25.8 Å². The van der Waals surface area contributed by atoms with Crippen LogP contribution in [0.5, 0.6) is 0 Å². The lowest BCUT2D eigenvalue weighted by molar-refractivity contribution is 0.190. The molecule has 2 aromatic heterocycles. The van der Waals surface area contributed by atoms with Gasteiger partial charge >= 0.3 is 0 Å². The molecule has 7 nitrogen and oxygen atoms in total. The molecule has 2 aromatic rings. The second kappa shape index (κ2) is 5.20. The Labute approximate surface area is 115 Å². The molecule has 19 heavy (non-hydrogen) atoms. The van der Waals surface area contributed by atoms with Crippen molar-refractivity contribution < 1.29 is 4.52 Å². The molecular weight excluding hydrogens is 268 g/mol. The van der Waals surface area contributed by atoms with E-state index in [1.165, 1.54) is 12.5 Å². The summed E-state index contributed by atoms with van der Waals surface area (Å²) in [6.45, 7) is 2.71. The van der Waals surface area contributed by atoms with Gasteiger partial charge in [-0.3, -0.25) is 4.90 Å². The highest BCUT2D eigenvalue weighted by Crippen LogP contribution is 2.25. The minimum atomic E-state index is 0.104. The molecular formula is C11H13ClN6O. The van der Waals surface area contributed by atoms with Crippen LogP contribution in [-0.2, 0) is 0 Å². The second-order valence-electron chi connectivity index (χ2n) is 4.38. The van der Waals surface area contributed by atoms with Crippen LogP contribution in [0.3, 0.4) is 0 Å². The smallest absolute Gasteiger partial charge is 0.278 e. The van der Waals surface area contributed by atoms with Crippen LogP contribution in [0.15, 0.2) is 17.0 Å². The molecule has 0 radical (unpaired) electrons. The molecule has 1 saturated heterocycles. The Morgan fingerprint density at radius 3 is 3.21 bits per heavy atom. The molecule has 1 N–H and O–H groups in total. The zero-order chi connectivity index (χ0) is 13.2. The van der Waals surface area contributed by atoms with Crippen LogP contribution in [0.2, 0.25) is 5.02 Å². The first-order chi connectivity index (χ1) is 9.25. The normalized spacial score (nSPS) is 20.6. The Hall–Kier alpha value is -1.57. The van der Waals surface area contributed by atoms with Gasteiger partial charge in [0.1, 0.15) is 6.33 Å². The number of piperazine rings is 1. The van der Waals surface area contributed by atoms with Gasteiger partial charge in [-0.15, -0.1) is 0 Å². The van der Waals surface area contributed by atoms with Crippen molar-refractivity contribution in [3.8, 4) is 11.6 Å². The third kappa shape index (κ3) is 2.44. The molecule has 0 aromatic carbocycles. The average Bonchev–Trinajstić information content (AvgIpc) is 2.89. The number of halogens is 1. The van der Waals surface area contributed by atoms with Crippen molar-refractivity contribution in [2.75, 3.05) is 26.7 Å². The maximum absolute atomic E-state index is 6.01. The van der Waals surface area contributed by atoms with E-state index in [2.05, 4.69) is 30.3 Å². The van der Waals surface area contributed by atoms with Gasteiger partial charge in [-0.2, -0.15) is 4.98 Å². The summed E-state index contributed by atoms with van der Waals surface area (Å²) in [4.78, 5) is 14.5. The van der Waals surface area contributed by atoms with Crippen molar-refractivity contribution in [1.29, 1.82) is 0 Å². The first kappa shape index (κ1) is 12.5. The minimum absolute atomic E-state index is 0.104. The minimum Gasteiger partial charge on any atom is -0.332 e. The zero-order valence-electron chi connectivity index (χ0n) is 10.4. The maximum atomic E-state index is 6.01. The Morgan fingerprint density at radius 2 is 2.42 bits per heavy atom. The van der Waals surface area contributed by atoms with Gasteiger partial charge in [-0.1, -0.05) is 16.8 Å². The average molecular weight is 281 g/mol. The highest BCUT2D eigenvalue weighted by atomic mass is 35.5. The third-order valence-corrected chi connectivity index (χ3v) is 3.40. The van der Waals surface area contributed by atoms with E-state index in [4.69, 9.17) is 16.1 Å². The Bertz CT molecular complexity index is 574. The SMILES string of the molecule is CN1CCNCC1c1noc(-c2ncncc2Cl)n1. The Morgan fingerprint density at radius 1 is 1.53 bits per heavy atom. The van der Waals surface area contributed by atoms with Gasteiger partial charge in [0.15, 0.2) is 11.5 Å². The maximum Gasteiger partial charge on any atom is 0.278 e. The number of nitrogens with one attached hydrogen (secondary N) is 1. The summed E-state index contributed by atoms with van der Waals surface area (Å²) in [5.74, 6) is 0.959. The number of likely N-dealkylation sites (N-methyl/N-ethyl adjacent to an activating group) is 1. The van der Waals surface area contributed by atoms with Crippen molar-refractivity contribution >= 4 is 11.6 Å². The van der Waals surface area contributed by atoms with Crippen LogP contribution >= 0.6 is 11.6 Å². The first-order valence-corrected chi connectivity index (χ1v) is 6.34. The summed E-state index contributed by atoms with van der Waals surface area (Å²) >= 11 is 6.01. The van der Waals surface area contributed by atoms with Crippen molar-refractivity contribution in [2.24, 2.45) is 0 Å². The molecule has 1 unspecified atom stereocenters. The van der Waals surface area contributed by atoms with E-state index in [-0.39, 0.29) is 6.04 Å². The van der Waals surface area contributed by atoms with E-state index in [1.54, 1.807) is 0 Å². The van der Waals surface area contributed by atoms with Gasteiger partial charge < -0.3 is 9.84 Å². The zero-order valence-corrected chi connectivity index (χ0v) is 11.1. The molecule has 0 saturated carbocycles. The number of nitrogens with zero attached hydrogens (tertiary/aromatic N) is 5. The van der Waals surface area contributed by atoms with Gasteiger partial charge in [0.2, 0.25) is 0 Å². The Balaban J connectivity index is 1.89. The number of rotatable bonds is 2. The third-order valence-electron chi connectivity index (χ3n) is 3.12. The monoisotopic (exact) mass is 280 g/mol. The number of hydrogen-bond donors (Lipinski definition) is 1. The van der Waals surface area contributed by atoms with E-state index in [1.807, 2.05) is 7.05 Å². The molecule has 0 amide bonds. The van der Waals surface area contributed by atoms with Crippen molar-refractivity contribution in [3.05, 3.63) is 23.4 Å². The summed E-state index contributed by atoms with van der Waals surface area (Å²) in [5.41, 5.74) is 0.460. The fourth-order valence-electron chi connectivity index (χ4n) is 2.03. The molecule has 0 spiro atoms. The van der Waals surface area contributed by atoms with E-state index in [0.29, 0.717) is 22.4 Å². The summed E-state index contributed by atoms with van der Waals surface area (Å²) in [7, 11) is 2.04. The lowest BCUT2D eigenvalue weighted by Gasteiger charge is -2.30. The lowest BCUT2D eigenvalue weighted by Crippen LogP contribution is -2.44. The van der Waals surface area contributed by atoms with Crippen LogP contribution in [0, 0.1) is 0 Å². The van der Waals surface area contributed by atoms with Gasteiger partial charge in [0.05, 0.1) is 11.1 Å². The van der Waals surface area contributed by atoms with E-state index < -0.39 is 0 Å². The Kier molecular flexibility index (Phi) is 3.41. The predicted octanol–water partition coefficient (Wildman–Crippen LogP) is 0.756.